The Morgan fingerprint density at radius 2 is 1.80 bits per heavy atom. The Bertz CT molecular complexity index is 1450. The first kappa shape index (κ1) is 22.9. The molecule has 0 saturated heterocycles. The summed E-state index contributed by atoms with van der Waals surface area (Å²) in [6, 6.07) is 18.7. The number of rotatable bonds is 7. The van der Waals surface area contributed by atoms with Gasteiger partial charge in [0.15, 0.2) is 11.5 Å². The second kappa shape index (κ2) is 9.77. The first-order valence-electron chi connectivity index (χ1n) is 11.2. The SMILES string of the molecule is O=C(Nc1ccc2c(c1)OCCCO2)c1cccc(S(=O)(=O)NCCc2nc3ccccc3[nH]2)c1. The fraction of sp³-hybridized carbons (Fsp3) is 0.200. The molecule has 4 aromatic rings. The van der Waals surface area contributed by atoms with Crippen LogP contribution in [0.5, 0.6) is 11.5 Å². The number of carbonyl (C=O) groups excluding carboxylic acids is 1. The zero-order valence-electron chi connectivity index (χ0n) is 18.8. The first-order chi connectivity index (χ1) is 17.0. The summed E-state index contributed by atoms with van der Waals surface area (Å²) >= 11 is 0. The largest absolute Gasteiger partial charge is 0.490 e. The molecule has 9 nitrogen and oxygen atoms in total. The summed E-state index contributed by atoms with van der Waals surface area (Å²) < 4.78 is 39.5. The number of hydrogen-bond acceptors (Lipinski definition) is 6. The van der Waals surface area contributed by atoms with Crippen LogP contribution in [-0.4, -0.2) is 44.1 Å². The molecule has 0 radical (unpaired) electrons. The number of hydrogen-bond donors (Lipinski definition) is 3. The third-order valence-electron chi connectivity index (χ3n) is 5.50. The summed E-state index contributed by atoms with van der Waals surface area (Å²) in [6.07, 6.45) is 1.18. The lowest BCUT2D eigenvalue weighted by molar-refractivity contribution is 0.102. The van der Waals surface area contributed by atoms with Crippen LogP contribution in [0.3, 0.4) is 0 Å². The summed E-state index contributed by atoms with van der Waals surface area (Å²) in [6.45, 7) is 1.27. The van der Waals surface area contributed by atoms with Gasteiger partial charge >= 0.3 is 0 Å². The zero-order chi connectivity index (χ0) is 24.3. The molecule has 2 heterocycles. The number of para-hydroxylation sites is 2. The van der Waals surface area contributed by atoms with Gasteiger partial charge in [0.05, 0.1) is 29.1 Å². The van der Waals surface area contributed by atoms with Crippen LogP contribution >= 0.6 is 0 Å². The third-order valence-corrected chi connectivity index (χ3v) is 6.96. The Morgan fingerprint density at radius 1 is 0.971 bits per heavy atom. The molecular formula is C25H24N4O5S. The van der Waals surface area contributed by atoms with E-state index in [0.29, 0.717) is 42.6 Å². The summed E-state index contributed by atoms with van der Waals surface area (Å²) in [5, 5.41) is 2.78. The minimum absolute atomic E-state index is 0.00779. The van der Waals surface area contributed by atoms with Crippen LogP contribution in [0.15, 0.2) is 71.6 Å². The van der Waals surface area contributed by atoms with Crippen LogP contribution in [0, 0.1) is 0 Å². The number of imidazole rings is 1. The summed E-state index contributed by atoms with van der Waals surface area (Å²) in [4.78, 5) is 20.4. The van der Waals surface area contributed by atoms with Crippen molar-refractivity contribution >= 4 is 32.7 Å². The standard InChI is InChI=1S/C25H24N4O5S/c30-25(27-18-9-10-22-23(16-18)34-14-4-13-33-22)17-5-3-6-19(15-17)35(31,32)26-12-11-24-28-20-7-1-2-8-21(20)29-24/h1-3,5-10,15-16,26H,4,11-14H2,(H,27,30)(H,28,29). The number of aromatic nitrogens is 2. The number of H-pyrrole nitrogens is 1. The molecule has 1 aromatic heterocycles. The van der Waals surface area contributed by atoms with Crippen LogP contribution in [0.1, 0.15) is 22.6 Å². The van der Waals surface area contributed by atoms with Crippen molar-refractivity contribution in [2.45, 2.75) is 17.7 Å². The number of carbonyl (C=O) groups is 1. The lowest BCUT2D eigenvalue weighted by atomic mass is 10.2. The van der Waals surface area contributed by atoms with Gasteiger partial charge < -0.3 is 19.8 Å². The van der Waals surface area contributed by atoms with Crippen LogP contribution < -0.4 is 19.5 Å². The zero-order valence-corrected chi connectivity index (χ0v) is 19.6. The fourth-order valence-electron chi connectivity index (χ4n) is 3.76. The predicted molar refractivity (Wildman–Crippen MR) is 131 cm³/mol. The molecule has 1 amide bonds. The molecule has 0 spiro atoms. The maximum Gasteiger partial charge on any atom is 0.255 e. The Labute approximate surface area is 202 Å². The van der Waals surface area contributed by atoms with E-state index in [9.17, 15) is 13.2 Å². The molecule has 0 unspecified atom stereocenters. The quantitative estimate of drug-likeness (QED) is 0.363. The highest BCUT2D eigenvalue weighted by Crippen LogP contribution is 2.32. The molecule has 1 aliphatic rings. The molecule has 0 atom stereocenters. The number of fused-ring (bicyclic) bond motifs is 2. The van der Waals surface area contributed by atoms with Crippen molar-refractivity contribution in [2.24, 2.45) is 0 Å². The van der Waals surface area contributed by atoms with Crippen LogP contribution in [-0.2, 0) is 16.4 Å². The monoisotopic (exact) mass is 492 g/mol. The van der Waals surface area contributed by atoms with Crippen LogP contribution in [0.2, 0.25) is 0 Å². The molecule has 1 aliphatic heterocycles. The minimum atomic E-state index is -3.81. The van der Waals surface area contributed by atoms with E-state index >= 15 is 0 Å². The number of nitrogens with one attached hydrogen (secondary N) is 3. The Balaban J connectivity index is 1.24. The summed E-state index contributed by atoms with van der Waals surface area (Å²) in [5.41, 5.74) is 2.48. The van der Waals surface area contributed by atoms with Gasteiger partial charge in [0.25, 0.3) is 5.91 Å². The average Bonchev–Trinajstić information content (AvgIpc) is 3.13. The van der Waals surface area contributed by atoms with E-state index in [4.69, 9.17) is 9.47 Å². The highest BCUT2D eigenvalue weighted by molar-refractivity contribution is 7.89. The van der Waals surface area contributed by atoms with Gasteiger partial charge in [-0.2, -0.15) is 0 Å². The molecule has 10 heteroatoms. The molecule has 0 bridgehead atoms. The smallest absolute Gasteiger partial charge is 0.255 e. The van der Waals surface area contributed by atoms with E-state index in [1.165, 1.54) is 18.2 Å². The molecule has 3 N–H and O–H groups in total. The number of benzene rings is 3. The van der Waals surface area contributed by atoms with Crippen molar-refractivity contribution in [1.82, 2.24) is 14.7 Å². The first-order valence-corrected chi connectivity index (χ1v) is 12.7. The second-order valence-corrected chi connectivity index (χ2v) is 9.81. The van der Waals surface area contributed by atoms with E-state index in [-0.39, 0.29) is 17.0 Å². The number of nitrogens with zero attached hydrogens (tertiary/aromatic N) is 1. The maximum atomic E-state index is 12.8. The van der Waals surface area contributed by atoms with Gasteiger partial charge in [0, 0.05) is 36.7 Å². The van der Waals surface area contributed by atoms with Gasteiger partial charge in [0.1, 0.15) is 5.82 Å². The minimum Gasteiger partial charge on any atom is -0.490 e. The van der Waals surface area contributed by atoms with Gasteiger partial charge in [-0.15, -0.1) is 0 Å². The van der Waals surface area contributed by atoms with Crippen LogP contribution in [0.25, 0.3) is 11.0 Å². The Kier molecular flexibility index (Phi) is 6.39. The van der Waals surface area contributed by atoms with Crippen molar-refractivity contribution in [3.05, 3.63) is 78.1 Å². The van der Waals surface area contributed by atoms with Gasteiger partial charge in [-0.05, 0) is 42.5 Å². The normalized spacial score (nSPS) is 13.4. The number of anilines is 1. The fourth-order valence-corrected chi connectivity index (χ4v) is 4.84. The molecular weight excluding hydrogens is 468 g/mol. The maximum absolute atomic E-state index is 12.8. The lowest BCUT2D eigenvalue weighted by Crippen LogP contribution is -2.26. The van der Waals surface area contributed by atoms with Crippen molar-refractivity contribution in [1.29, 1.82) is 0 Å². The molecule has 180 valence electrons. The number of ether oxygens (including phenoxy) is 2. The van der Waals surface area contributed by atoms with Gasteiger partial charge in [-0.3, -0.25) is 4.79 Å². The Hall–Kier alpha value is -3.89. The highest BCUT2D eigenvalue weighted by Gasteiger charge is 2.17. The lowest BCUT2D eigenvalue weighted by Gasteiger charge is -2.11. The number of amides is 1. The van der Waals surface area contributed by atoms with Crippen molar-refractivity contribution < 1.29 is 22.7 Å². The number of aromatic amines is 1. The van der Waals surface area contributed by atoms with E-state index < -0.39 is 15.9 Å². The predicted octanol–water partition coefficient (Wildman–Crippen LogP) is 3.50. The van der Waals surface area contributed by atoms with E-state index in [0.717, 1.165) is 17.5 Å². The average molecular weight is 493 g/mol. The van der Waals surface area contributed by atoms with E-state index in [2.05, 4.69) is 20.0 Å². The second-order valence-electron chi connectivity index (χ2n) is 8.04. The van der Waals surface area contributed by atoms with Crippen molar-refractivity contribution in [3.8, 4) is 11.5 Å². The molecule has 0 saturated carbocycles. The van der Waals surface area contributed by atoms with Gasteiger partial charge in [0.2, 0.25) is 10.0 Å². The molecule has 0 fully saturated rings. The summed E-state index contributed by atoms with van der Waals surface area (Å²) in [5.74, 6) is 1.45. The van der Waals surface area contributed by atoms with Crippen LogP contribution in [0.4, 0.5) is 5.69 Å². The van der Waals surface area contributed by atoms with E-state index in [1.807, 2.05) is 24.3 Å². The topological polar surface area (TPSA) is 122 Å². The van der Waals surface area contributed by atoms with Crippen molar-refractivity contribution in [2.75, 3.05) is 25.1 Å². The molecule has 3 aromatic carbocycles. The molecule has 35 heavy (non-hydrogen) atoms. The summed E-state index contributed by atoms with van der Waals surface area (Å²) in [7, 11) is -3.81. The van der Waals surface area contributed by atoms with E-state index in [1.54, 1.807) is 24.3 Å². The van der Waals surface area contributed by atoms with Gasteiger partial charge in [-0.1, -0.05) is 18.2 Å². The number of sulfonamides is 1. The Morgan fingerprint density at radius 3 is 2.66 bits per heavy atom. The molecule has 0 aliphatic carbocycles. The third kappa shape index (κ3) is 5.28. The van der Waals surface area contributed by atoms with Crippen molar-refractivity contribution in [3.63, 3.8) is 0 Å². The highest BCUT2D eigenvalue weighted by atomic mass is 32.2. The molecule has 5 rings (SSSR count). The van der Waals surface area contributed by atoms with Gasteiger partial charge in [-0.25, -0.2) is 18.1 Å².